The summed E-state index contributed by atoms with van der Waals surface area (Å²) >= 11 is 0. The van der Waals surface area contributed by atoms with Crippen LogP contribution >= 0.6 is 0 Å². The van der Waals surface area contributed by atoms with Crippen molar-refractivity contribution in [2.45, 2.75) is 38.6 Å². The van der Waals surface area contributed by atoms with Crippen LogP contribution in [0.25, 0.3) is 0 Å². The van der Waals surface area contributed by atoms with E-state index in [2.05, 4.69) is 4.99 Å². The number of amides is 2. The van der Waals surface area contributed by atoms with Gasteiger partial charge >= 0.3 is 0 Å². The van der Waals surface area contributed by atoms with E-state index in [0.29, 0.717) is 17.3 Å². The standard InChI is InChI=1S/C21H20N2O2/c1-13-7-10-16(11-14(13)2)23-20(24)18-6-4-3-5-17(18)19(21(23)25)12-22-15-8-9-15/h3-7,10-12,15,19H,8-9H2,1-2H3/t19-/m1/s1. The van der Waals surface area contributed by atoms with E-state index >= 15 is 0 Å². The van der Waals surface area contributed by atoms with Crippen LogP contribution in [0.15, 0.2) is 47.5 Å². The molecule has 0 radical (unpaired) electrons. The molecule has 0 spiro atoms. The number of fused-ring (bicyclic) bond motifs is 1. The quantitative estimate of drug-likeness (QED) is 0.634. The number of hydrogen-bond acceptors (Lipinski definition) is 3. The van der Waals surface area contributed by atoms with Gasteiger partial charge in [-0.05, 0) is 61.6 Å². The Hall–Kier alpha value is -2.75. The number of aryl methyl sites for hydroxylation is 2. The minimum Gasteiger partial charge on any atom is -0.293 e. The Kier molecular flexibility index (Phi) is 3.75. The molecule has 1 saturated carbocycles. The smallest absolute Gasteiger partial charge is 0.265 e. The van der Waals surface area contributed by atoms with Crippen LogP contribution in [0.1, 0.15) is 45.8 Å². The van der Waals surface area contributed by atoms with Crippen LogP contribution in [0.4, 0.5) is 5.69 Å². The Morgan fingerprint density at radius 3 is 2.52 bits per heavy atom. The molecule has 4 rings (SSSR count). The van der Waals surface area contributed by atoms with Crippen LogP contribution in [0.2, 0.25) is 0 Å². The second-order valence-electron chi connectivity index (χ2n) is 6.84. The highest BCUT2D eigenvalue weighted by Gasteiger charge is 2.39. The third-order valence-electron chi connectivity index (χ3n) is 4.96. The molecule has 1 atom stereocenters. The zero-order valence-corrected chi connectivity index (χ0v) is 14.4. The first kappa shape index (κ1) is 15.8. The van der Waals surface area contributed by atoms with Crippen LogP contribution in [-0.4, -0.2) is 24.1 Å². The number of nitrogens with zero attached hydrogens (tertiary/aromatic N) is 2. The lowest BCUT2D eigenvalue weighted by molar-refractivity contribution is -0.118. The number of benzene rings is 2. The summed E-state index contributed by atoms with van der Waals surface area (Å²) in [5.41, 5.74) is 4.14. The maximum absolute atomic E-state index is 13.1. The van der Waals surface area contributed by atoms with E-state index in [-0.39, 0.29) is 11.8 Å². The molecule has 0 N–H and O–H groups in total. The fourth-order valence-electron chi connectivity index (χ4n) is 3.14. The lowest BCUT2D eigenvalue weighted by Crippen LogP contribution is -2.45. The van der Waals surface area contributed by atoms with Gasteiger partial charge in [0.2, 0.25) is 5.91 Å². The average molecular weight is 332 g/mol. The number of carbonyl (C=O) groups excluding carboxylic acids is 2. The van der Waals surface area contributed by atoms with E-state index in [4.69, 9.17) is 0 Å². The van der Waals surface area contributed by atoms with Gasteiger partial charge in [0.25, 0.3) is 5.91 Å². The molecule has 2 aromatic rings. The number of imide groups is 1. The average Bonchev–Trinajstić information content (AvgIpc) is 3.42. The maximum atomic E-state index is 13.1. The molecule has 0 saturated heterocycles. The van der Waals surface area contributed by atoms with Gasteiger partial charge < -0.3 is 0 Å². The lowest BCUT2D eigenvalue weighted by atomic mass is 9.88. The molecule has 4 heteroatoms. The second-order valence-corrected chi connectivity index (χ2v) is 6.84. The summed E-state index contributed by atoms with van der Waals surface area (Å²) in [7, 11) is 0. The van der Waals surface area contributed by atoms with Gasteiger partial charge in [0, 0.05) is 17.8 Å². The Labute approximate surface area is 147 Å². The first-order valence-electron chi connectivity index (χ1n) is 8.64. The molecule has 1 fully saturated rings. The van der Waals surface area contributed by atoms with Gasteiger partial charge in [-0.25, -0.2) is 4.90 Å². The molecule has 4 nitrogen and oxygen atoms in total. The molecule has 2 aromatic carbocycles. The number of aliphatic imine (C=N–C) groups is 1. The number of anilines is 1. The maximum Gasteiger partial charge on any atom is 0.265 e. The first-order chi connectivity index (χ1) is 12.1. The molecule has 2 aliphatic rings. The Balaban J connectivity index is 1.81. The highest BCUT2D eigenvalue weighted by molar-refractivity contribution is 6.29. The van der Waals surface area contributed by atoms with Gasteiger partial charge in [0.15, 0.2) is 0 Å². The van der Waals surface area contributed by atoms with E-state index in [1.807, 2.05) is 50.2 Å². The molecule has 0 unspecified atom stereocenters. The minimum atomic E-state index is -0.504. The Bertz CT molecular complexity index is 897. The third kappa shape index (κ3) is 2.78. The monoisotopic (exact) mass is 332 g/mol. The highest BCUT2D eigenvalue weighted by atomic mass is 16.2. The molecule has 2 amide bonds. The van der Waals surface area contributed by atoms with Crippen LogP contribution in [0.3, 0.4) is 0 Å². The Morgan fingerprint density at radius 1 is 1.04 bits per heavy atom. The van der Waals surface area contributed by atoms with Crippen molar-refractivity contribution < 1.29 is 9.59 Å². The van der Waals surface area contributed by atoms with Gasteiger partial charge in [-0.2, -0.15) is 0 Å². The molecular weight excluding hydrogens is 312 g/mol. The summed E-state index contributed by atoms with van der Waals surface area (Å²) in [6.07, 6.45) is 3.90. The van der Waals surface area contributed by atoms with Crippen LogP contribution in [0.5, 0.6) is 0 Å². The summed E-state index contributed by atoms with van der Waals surface area (Å²) < 4.78 is 0. The van der Waals surface area contributed by atoms with E-state index in [0.717, 1.165) is 29.5 Å². The lowest BCUT2D eigenvalue weighted by Gasteiger charge is -2.31. The van der Waals surface area contributed by atoms with Crippen LogP contribution in [0, 0.1) is 13.8 Å². The van der Waals surface area contributed by atoms with Gasteiger partial charge in [-0.3, -0.25) is 14.6 Å². The molecule has 25 heavy (non-hydrogen) atoms. The van der Waals surface area contributed by atoms with Crippen molar-refractivity contribution in [1.82, 2.24) is 0 Å². The van der Waals surface area contributed by atoms with E-state index < -0.39 is 5.92 Å². The fraction of sp³-hybridized carbons (Fsp3) is 0.286. The predicted molar refractivity (Wildman–Crippen MR) is 98.4 cm³/mol. The number of rotatable bonds is 3. The first-order valence-corrected chi connectivity index (χ1v) is 8.64. The van der Waals surface area contributed by atoms with Crippen molar-refractivity contribution >= 4 is 23.7 Å². The van der Waals surface area contributed by atoms with Crippen molar-refractivity contribution in [2.75, 3.05) is 4.90 Å². The molecule has 1 aliphatic heterocycles. The summed E-state index contributed by atoms with van der Waals surface area (Å²) in [5, 5.41) is 0. The van der Waals surface area contributed by atoms with Crippen molar-refractivity contribution in [2.24, 2.45) is 4.99 Å². The SMILES string of the molecule is Cc1ccc(N2C(=O)c3ccccc3[C@@H](C=NC3CC3)C2=O)cc1C. The van der Waals surface area contributed by atoms with E-state index in [9.17, 15) is 9.59 Å². The zero-order valence-electron chi connectivity index (χ0n) is 14.4. The molecule has 1 aliphatic carbocycles. The fourth-order valence-corrected chi connectivity index (χ4v) is 3.14. The van der Waals surface area contributed by atoms with Crippen molar-refractivity contribution in [3.63, 3.8) is 0 Å². The molecular formula is C21H20N2O2. The van der Waals surface area contributed by atoms with Crippen molar-refractivity contribution in [3.05, 3.63) is 64.7 Å². The van der Waals surface area contributed by atoms with Gasteiger partial charge in [0.05, 0.1) is 11.6 Å². The molecule has 0 bridgehead atoms. The van der Waals surface area contributed by atoms with E-state index in [1.165, 1.54) is 4.90 Å². The summed E-state index contributed by atoms with van der Waals surface area (Å²) in [6.45, 7) is 4.00. The Morgan fingerprint density at radius 2 is 1.80 bits per heavy atom. The van der Waals surface area contributed by atoms with Crippen molar-refractivity contribution in [3.8, 4) is 0 Å². The van der Waals surface area contributed by atoms with Crippen molar-refractivity contribution in [1.29, 1.82) is 0 Å². The number of carbonyl (C=O) groups is 2. The second kappa shape index (κ2) is 5.96. The number of hydrogen-bond donors (Lipinski definition) is 0. The highest BCUT2D eigenvalue weighted by Crippen LogP contribution is 2.33. The van der Waals surface area contributed by atoms with Crippen LogP contribution < -0.4 is 4.90 Å². The minimum absolute atomic E-state index is 0.226. The third-order valence-corrected chi connectivity index (χ3v) is 4.96. The zero-order chi connectivity index (χ0) is 17.6. The summed E-state index contributed by atoms with van der Waals surface area (Å²) in [5.74, 6) is -0.993. The summed E-state index contributed by atoms with van der Waals surface area (Å²) in [6, 6.07) is 13.4. The molecule has 1 heterocycles. The molecule has 0 aromatic heterocycles. The molecule has 126 valence electrons. The predicted octanol–water partition coefficient (Wildman–Crippen LogP) is 3.81. The van der Waals surface area contributed by atoms with E-state index in [1.54, 1.807) is 12.3 Å². The van der Waals surface area contributed by atoms with Gasteiger partial charge in [-0.15, -0.1) is 0 Å². The topological polar surface area (TPSA) is 49.7 Å². The summed E-state index contributed by atoms with van der Waals surface area (Å²) in [4.78, 5) is 31.9. The van der Waals surface area contributed by atoms with Gasteiger partial charge in [0.1, 0.15) is 0 Å². The van der Waals surface area contributed by atoms with Crippen LogP contribution in [-0.2, 0) is 4.79 Å². The largest absolute Gasteiger partial charge is 0.293 e. The normalized spacial score (nSPS) is 20.2. The van der Waals surface area contributed by atoms with Gasteiger partial charge in [-0.1, -0.05) is 24.3 Å².